The van der Waals surface area contributed by atoms with Gasteiger partial charge in [0, 0.05) is 25.1 Å². The highest BCUT2D eigenvalue weighted by molar-refractivity contribution is 6.46. The fourth-order valence-corrected chi connectivity index (χ4v) is 3.59. The maximum atomic E-state index is 12.9. The van der Waals surface area contributed by atoms with Crippen LogP contribution in [0.5, 0.6) is 5.75 Å². The molecule has 1 fully saturated rings. The van der Waals surface area contributed by atoms with Crippen molar-refractivity contribution in [1.82, 2.24) is 4.90 Å². The zero-order valence-electron chi connectivity index (χ0n) is 17.3. The van der Waals surface area contributed by atoms with Gasteiger partial charge in [-0.05, 0) is 31.0 Å². The average Bonchev–Trinajstić information content (AvgIpc) is 2.99. The van der Waals surface area contributed by atoms with Crippen molar-refractivity contribution in [2.45, 2.75) is 32.7 Å². The molecule has 0 bridgehead atoms. The van der Waals surface area contributed by atoms with Crippen LogP contribution in [0.4, 0.5) is 0 Å². The van der Waals surface area contributed by atoms with E-state index in [1.807, 2.05) is 32.0 Å². The lowest BCUT2D eigenvalue weighted by Gasteiger charge is -2.25. The van der Waals surface area contributed by atoms with Gasteiger partial charge in [0.1, 0.15) is 11.5 Å². The summed E-state index contributed by atoms with van der Waals surface area (Å²) in [6.45, 7) is 4.66. The number of rotatable bonds is 8. The smallest absolute Gasteiger partial charge is 0.295 e. The van der Waals surface area contributed by atoms with Gasteiger partial charge in [0.05, 0.1) is 18.2 Å². The van der Waals surface area contributed by atoms with Crippen molar-refractivity contribution in [2.75, 3.05) is 19.8 Å². The van der Waals surface area contributed by atoms with Gasteiger partial charge in [0.2, 0.25) is 0 Å². The topological polar surface area (TPSA) is 87.1 Å². The van der Waals surface area contributed by atoms with E-state index in [1.54, 1.807) is 30.3 Å². The minimum absolute atomic E-state index is 0.0346. The molecule has 1 amide bonds. The Hall–Kier alpha value is -3.12. The first-order valence-corrected chi connectivity index (χ1v) is 10.2. The van der Waals surface area contributed by atoms with Gasteiger partial charge in [0.25, 0.3) is 11.7 Å². The maximum absolute atomic E-state index is 12.9. The van der Waals surface area contributed by atoms with Gasteiger partial charge in [-0.2, -0.15) is 0 Å². The quantitative estimate of drug-likeness (QED) is 0.301. The molecule has 2 aromatic rings. The minimum atomic E-state index is -0.687. The van der Waals surface area contributed by atoms with E-state index in [2.05, 4.69) is 0 Å². The van der Waals surface area contributed by atoms with Gasteiger partial charge < -0.3 is 19.8 Å². The van der Waals surface area contributed by atoms with Crippen LogP contribution in [0.3, 0.4) is 0 Å². The molecule has 1 saturated heterocycles. The van der Waals surface area contributed by atoms with Gasteiger partial charge in [-0.3, -0.25) is 9.59 Å². The second-order valence-electron chi connectivity index (χ2n) is 7.36. The summed E-state index contributed by atoms with van der Waals surface area (Å²) in [5.74, 6) is -0.887. The predicted octanol–water partition coefficient (Wildman–Crippen LogP) is 3.59. The van der Waals surface area contributed by atoms with E-state index in [0.717, 1.165) is 5.56 Å². The number of Topliss-reactive ketones (excluding diaryl/α,β-unsaturated/α-hetero) is 1. The summed E-state index contributed by atoms with van der Waals surface area (Å²) in [6, 6.07) is 13.7. The molecule has 0 radical (unpaired) electrons. The molecule has 0 aliphatic carbocycles. The van der Waals surface area contributed by atoms with Crippen LogP contribution in [0.15, 0.2) is 54.1 Å². The van der Waals surface area contributed by atoms with Gasteiger partial charge >= 0.3 is 0 Å². The normalized spacial score (nSPS) is 18.1. The first-order valence-electron chi connectivity index (χ1n) is 10.2. The summed E-state index contributed by atoms with van der Waals surface area (Å²) in [7, 11) is 0. The van der Waals surface area contributed by atoms with E-state index in [4.69, 9.17) is 9.84 Å². The molecular weight excluding hydrogens is 382 g/mol. The van der Waals surface area contributed by atoms with Crippen molar-refractivity contribution in [1.29, 1.82) is 0 Å². The molecule has 1 aliphatic rings. The van der Waals surface area contributed by atoms with Crippen molar-refractivity contribution in [3.63, 3.8) is 0 Å². The number of aliphatic hydroxyl groups excluding tert-OH is 2. The number of likely N-dealkylation sites (tertiary alicyclic amines) is 1. The van der Waals surface area contributed by atoms with E-state index in [-0.39, 0.29) is 17.9 Å². The van der Waals surface area contributed by atoms with E-state index in [0.29, 0.717) is 42.9 Å². The molecule has 1 aliphatic heterocycles. The molecule has 6 nitrogen and oxygen atoms in total. The molecule has 0 saturated carbocycles. The Morgan fingerprint density at radius 2 is 1.87 bits per heavy atom. The van der Waals surface area contributed by atoms with Crippen LogP contribution in [0, 0.1) is 6.92 Å². The van der Waals surface area contributed by atoms with Crippen LogP contribution in [0.2, 0.25) is 0 Å². The maximum Gasteiger partial charge on any atom is 0.295 e. The highest BCUT2D eigenvalue weighted by atomic mass is 16.5. The zero-order valence-corrected chi connectivity index (χ0v) is 17.3. The predicted molar refractivity (Wildman–Crippen MR) is 114 cm³/mol. The van der Waals surface area contributed by atoms with E-state index in [1.165, 1.54) is 4.90 Å². The number of carbonyl (C=O) groups excluding carboxylic acids is 2. The number of ether oxygens (including phenoxy) is 1. The largest absolute Gasteiger partial charge is 0.507 e. The Bertz CT molecular complexity index is 948. The van der Waals surface area contributed by atoms with E-state index in [9.17, 15) is 14.7 Å². The highest BCUT2D eigenvalue weighted by Crippen LogP contribution is 2.40. The van der Waals surface area contributed by atoms with Crippen LogP contribution in [0.25, 0.3) is 5.76 Å². The molecule has 30 heavy (non-hydrogen) atoms. The summed E-state index contributed by atoms with van der Waals surface area (Å²) < 4.78 is 5.66. The summed E-state index contributed by atoms with van der Waals surface area (Å²) in [4.78, 5) is 27.1. The molecule has 2 aromatic carbocycles. The number of aliphatic hydroxyl groups is 2. The van der Waals surface area contributed by atoms with E-state index >= 15 is 0 Å². The minimum Gasteiger partial charge on any atom is -0.507 e. The average molecular weight is 409 g/mol. The number of benzene rings is 2. The van der Waals surface area contributed by atoms with Crippen LogP contribution in [-0.2, 0) is 9.59 Å². The number of aryl methyl sites for hydroxylation is 1. The van der Waals surface area contributed by atoms with Gasteiger partial charge in [-0.15, -0.1) is 0 Å². The van der Waals surface area contributed by atoms with Gasteiger partial charge in [-0.1, -0.05) is 48.9 Å². The van der Waals surface area contributed by atoms with Crippen LogP contribution < -0.4 is 4.74 Å². The lowest BCUT2D eigenvalue weighted by Crippen LogP contribution is -2.30. The molecular formula is C24H27NO5. The molecule has 1 unspecified atom stereocenters. The number of nitrogens with zero attached hydrogens (tertiary/aromatic N) is 1. The second kappa shape index (κ2) is 9.59. The number of hydrogen-bond donors (Lipinski definition) is 2. The zero-order chi connectivity index (χ0) is 21.7. The third kappa shape index (κ3) is 4.39. The van der Waals surface area contributed by atoms with Crippen molar-refractivity contribution < 1.29 is 24.5 Å². The Balaban J connectivity index is 2.08. The van der Waals surface area contributed by atoms with E-state index < -0.39 is 17.7 Å². The van der Waals surface area contributed by atoms with Crippen molar-refractivity contribution in [3.05, 3.63) is 70.8 Å². The molecule has 6 heteroatoms. The Morgan fingerprint density at radius 1 is 1.13 bits per heavy atom. The lowest BCUT2D eigenvalue weighted by molar-refractivity contribution is -0.139. The third-order valence-electron chi connectivity index (χ3n) is 5.07. The Labute approximate surface area is 176 Å². The standard InChI is InChI=1S/C24H27NO5/c1-3-12-25-21(18-6-4-7-19(15-18)30-14-5-13-26)20(23(28)24(25)29)22(27)17-10-8-16(2)9-11-17/h4,6-11,15,21,26-27H,3,5,12-14H2,1-2H3/b22-20-. The van der Waals surface area contributed by atoms with Crippen LogP contribution in [0.1, 0.15) is 42.5 Å². The Morgan fingerprint density at radius 3 is 2.53 bits per heavy atom. The summed E-state index contributed by atoms with van der Waals surface area (Å²) in [5, 5.41) is 19.9. The molecule has 0 spiro atoms. The van der Waals surface area contributed by atoms with Crippen molar-refractivity contribution in [2.24, 2.45) is 0 Å². The Kier molecular flexibility index (Phi) is 6.90. The van der Waals surface area contributed by atoms with Crippen LogP contribution >= 0.6 is 0 Å². The monoisotopic (exact) mass is 409 g/mol. The van der Waals surface area contributed by atoms with Crippen molar-refractivity contribution >= 4 is 17.4 Å². The number of ketones is 1. The SMILES string of the molecule is CCCN1C(=O)C(=O)/C(=C(\O)c2ccc(C)cc2)C1c1cccc(OCCCO)c1. The van der Waals surface area contributed by atoms with Crippen LogP contribution in [-0.4, -0.2) is 46.6 Å². The highest BCUT2D eigenvalue weighted by Gasteiger charge is 2.45. The number of hydrogen-bond acceptors (Lipinski definition) is 5. The molecule has 0 aromatic heterocycles. The lowest BCUT2D eigenvalue weighted by atomic mass is 9.95. The fourth-order valence-electron chi connectivity index (χ4n) is 3.59. The first kappa shape index (κ1) is 21.6. The summed E-state index contributed by atoms with van der Waals surface area (Å²) >= 11 is 0. The molecule has 1 atom stereocenters. The first-order chi connectivity index (χ1) is 14.5. The second-order valence-corrected chi connectivity index (χ2v) is 7.36. The van der Waals surface area contributed by atoms with Gasteiger partial charge in [-0.25, -0.2) is 0 Å². The molecule has 1 heterocycles. The number of amides is 1. The third-order valence-corrected chi connectivity index (χ3v) is 5.07. The van der Waals surface area contributed by atoms with Crippen molar-refractivity contribution in [3.8, 4) is 5.75 Å². The summed E-state index contributed by atoms with van der Waals surface area (Å²) in [5.41, 5.74) is 2.31. The summed E-state index contributed by atoms with van der Waals surface area (Å²) in [6.07, 6.45) is 1.19. The molecule has 158 valence electrons. The number of carbonyl (C=O) groups is 2. The molecule has 2 N–H and O–H groups in total. The fraction of sp³-hybridized carbons (Fsp3) is 0.333. The molecule has 3 rings (SSSR count). The van der Waals surface area contributed by atoms with Gasteiger partial charge in [0.15, 0.2) is 0 Å².